The van der Waals surface area contributed by atoms with Crippen LogP contribution >= 0.6 is 11.3 Å². The molecular formula is C23H22N4O3S. The first-order chi connectivity index (χ1) is 14.9. The van der Waals surface area contributed by atoms with E-state index in [4.69, 9.17) is 4.74 Å². The zero-order valence-corrected chi connectivity index (χ0v) is 18.2. The normalized spacial score (nSPS) is 11.3. The number of benzene rings is 2. The van der Waals surface area contributed by atoms with E-state index in [9.17, 15) is 9.59 Å². The van der Waals surface area contributed by atoms with Gasteiger partial charge in [-0.3, -0.25) is 14.7 Å². The molecule has 0 aliphatic carbocycles. The van der Waals surface area contributed by atoms with E-state index in [-0.39, 0.29) is 11.8 Å². The fourth-order valence-electron chi connectivity index (χ4n) is 3.24. The molecule has 7 nitrogen and oxygen atoms in total. The van der Waals surface area contributed by atoms with Crippen molar-refractivity contribution in [1.29, 1.82) is 0 Å². The smallest absolute Gasteiger partial charge is 0.262 e. The second-order valence-electron chi connectivity index (χ2n) is 7.56. The number of hydrogen-bond donors (Lipinski definition) is 3. The van der Waals surface area contributed by atoms with E-state index < -0.39 is 5.54 Å². The topological polar surface area (TPSA) is 96.1 Å². The minimum absolute atomic E-state index is 0.193. The third-order valence-corrected chi connectivity index (χ3v) is 5.99. The number of H-pyrrole nitrogens is 1. The van der Waals surface area contributed by atoms with Gasteiger partial charge >= 0.3 is 0 Å². The Balaban J connectivity index is 1.53. The molecule has 0 saturated heterocycles. The van der Waals surface area contributed by atoms with Crippen LogP contribution in [0.25, 0.3) is 10.2 Å². The van der Waals surface area contributed by atoms with Crippen molar-refractivity contribution < 1.29 is 14.3 Å². The van der Waals surface area contributed by atoms with Crippen LogP contribution in [0.5, 0.6) is 5.75 Å². The van der Waals surface area contributed by atoms with Crippen molar-refractivity contribution in [3.05, 3.63) is 76.7 Å². The maximum Gasteiger partial charge on any atom is 0.262 e. The minimum atomic E-state index is -0.532. The molecule has 0 aliphatic rings. The van der Waals surface area contributed by atoms with E-state index >= 15 is 0 Å². The van der Waals surface area contributed by atoms with Crippen LogP contribution in [0.15, 0.2) is 60.7 Å². The summed E-state index contributed by atoms with van der Waals surface area (Å²) >= 11 is 1.27. The highest BCUT2D eigenvalue weighted by Crippen LogP contribution is 2.30. The van der Waals surface area contributed by atoms with Gasteiger partial charge in [0.25, 0.3) is 11.8 Å². The molecule has 31 heavy (non-hydrogen) atoms. The van der Waals surface area contributed by atoms with Gasteiger partial charge in [-0.1, -0.05) is 36.4 Å². The molecule has 4 aromatic rings. The van der Waals surface area contributed by atoms with Crippen molar-refractivity contribution in [1.82, 2.24) is 15.5 Å². The molecule has 2 amide bonds. The Kier molecular flexibility index (Phi) is 5.48. The van der Waals surface area contributed by atoms with Crippen LogP contribution in [0, 0.1) is 0 Å². The zero-order valence-electron chi connectivity index (χ0n) is 17.4. The van der Waals surface area contributed by atoms with Crippen molar-refractivity contribution in [2.24, 2.45) is 0 Å². The number of ether oxygens (including phenoxy) is 1. The average molecular weight is 435 g/mol. The van der Waals surface area contributed by atoms with Gasteiger partial charge in [0.15, 0.2) is 0 Å². The van der Waals surface area contributed by atoms with Gasteiger partial charge in [0, 0.05) is 5.56 Å². The summed E-state index contributed by atoms with van der Waals surface area (Å²) in [5.41, 5.74) is 0.937. The lowest BCUT2D eigenvalue weighted by molar-refractivity contribution is 0.0915. The van der Waals surface area contributed by atoms with Crippen molar-refractivity contribution in [2.45, 2.75) is 19.4 Å². The molecule has 8 heteroatoms. The highest BCUT2D eigenvalue weighted by atomic mass is 32.1. The molecule has 0 fully saturated rings. The van der Waals surface area contributed by atoms with E-state index in [1.807, 2.05) is 44.2 Å². The van der Waals surface area contributed by atoms with Crippen LogP contribution in [0.3, 0.4) is 0 Å². The van der Waals surface area contributed by atoms with Crippen molar-refractivity contribution in [3.63, 3.8) is 0 Å². The molecule has 0 saturated carbocycles. The van der Waals surface area contributed by atoms with E-state index in [2.05, 4.69) is 20.8 Å². The van der Waals surface area contributed by atoms with Crippen molar-refractivity contribution in [3.8, 4) is 5.75 Å². The summed E-state index contributed by atoms with van der Waals surface area (Å²) in [4.78, 5) is 26.7. The van der Waals surface area contributed by atoms with Gasteiger partial charge in [0.2, 0.25) is 0 Å². The molecule has 0 atom stereocenters. The molecule has 0 unspecified atom stereocenters. The maximum absolute atomic E-state index is 12.9. The molecule has 0 spiro atoms. The van der Waals surface area contributed by atoms with Crippen LogP contribution in [0.1, 0.15) is 39.4 Å². The molecule has 2 heterocycles. The Morgan fingerprint density at radius 3 is 2.55 bits per heavy atom. The van der Waals surface area contributed by atoms with E-state index in [0.717, 1.165) is 5.56 Å². The van der Waals surface area contributed by atoms with E-state index in [1.54, 1.807) is 37.4 Å². The number of carbonyl (C=O) groups is 2. The Bertz CT molecular complexity index is 1240. The second-order valence-corrected chi connectivity index (χ2v) is 8.59. The summed E-state index contributed by atoms with van der Waals surface area (Å²) in [6, 6.07) is 18.4. The molecular weight excluding hydrogens is 412 g/mol. The number of methoxy groups -OCH3 is 1. The predicted octanol–water partition coefficient (Wildman–Crippen LogP) is 4.55. The number of thiophene rings is 1. The fraction of sp³-hybridized carbons (Fsp3) is 0.174. The molecule has 4 rings (SSSR count). The van der Waals surface area contributed by atoms with Gasteiger partial charge in [0.1, 0.15) is 16.4 Å². The molecule has 0 radical (unpaired) electrons. The third-order valence-electron chi connectivity index (χ3n) is 4.97. The fourth-order valence-corrected chi connectivity index (χ4v) is 4.13. The largest absolute Gasteiger partial charge is 0.497 e. The van der Waals surface area contributed by atoms with Crippen molar-refractivity contribution >= 4 is 39.2 Å². The number of nitrogens with one attached hydrogen (secondary N) is 3. The minimum Gasteiger partial charge on any atom is -0.497 e. The quantitative estimate of drug-likeness (QED) is 0.415. The summed E-state index contributed by atoms with van der Waals surface area (Å²) in [6.45, 7) is 3.92. The number of amides is 2. The van der Waals surface area contributed by atoms with Gasteiger partial charge in [-0.15, -0.1) is 11.3 Å². The van der Waals surface area contributed by atoms with Crippen LogP contribution in [0.2, 0.25) is 0 Å². The third kappa shape index (κ3) is 4.29. The monoisotopic (exact) mass is 434 g/mol. The van der Waals surface area contributed by atoms with Gasteiger partial charge in [-0.05, 0) is 43.7 Å². The number of fused-ring (bicyclic) bond motifs is 1. The van der Waals surface area contributed by atoms with Crippen LogP contribution in [0.4, 0.5) is 5.82 Å². The van der Waals surface area contributed by atoms with Gasteiger partial charge in [-0.2, -0.15) is 5.10 Å². The molecule has 158 valence electrons. The Labute approximate surface area is 183 Å². The zero-order chi connectivity index (χ0) is 22.0. The van der Waals surface area contributed by atoms with E-state index in [0.29, 0.717) is 32.2 Å². The molecule has 0 bridgehead atoms. The first-order valence-electron chi connectivity index (χ1n) is 9.69. The number of aromatic amines is 1. The molecule has 0 aliphatic heterocycles. The van der Waals surface area contributed by atoms with Crippen LogP contribution in [-0.2, 0) is 5.54 Å². The lowest BCUT2D eigenvalue weighted by atomic mass is 9.94. The van der Waals surface area contributed by atoms with Gasteiger partial charge < -0.3 is 15.4 Å². The lowest BCUT2D eigenvalue weighted by Gasteiger charge is -2.26. The SMILES string of the molecule is COc1cccc(C(=O)Nc2[nH]nc3sc(C(=O)NC(C)(C)c4ccccc4)cc23)c1. The summed E-state index contributed by atoms with van der Waals surface area (Å²) in [5, 5.41) is 13.6. The number of anilines is 1. The first kappa shape index (κ1) is 20.6. The summed E-state index contributed by atoms with van der Waals surface area (Å²) in [5.74, 6) is 0.548. The highest BCUT2D eigenvalue weighted by Gasteiger charge is 2.25. The summed E-state index contributed by atoms with van der Waals surface area (Å²) in [6.07, 6.45) is 0. The van der Waals surface area contributed by atoms with E-state index in [1.165, 1.54) is 11.3 Å². The number of rotatable bonds is 6. The molecule has 3 N–H and O–H groups in total. The first-order valence-corrected chi connectivity index (χ1v) is 10.5. The number of hydrogen-bond acceptors (Lipinski definition) is 5. The Morgan fingerprint density at radius 2 is 1.81 bits per heavy atom. The van der Waals surface area contributed by atoms with Crippen LogP contribution in [-0.4, -0.2) is 29.1 Å². The second kappa shape index (κ2) is 8.23. The highest BCUT2D eigenvalue weighted by molar-refractivity contribution is 7.20. The molecule has 2 aromatic heterocycles. The Hall–Kier alpha value is -3.65. The standard InChI is InChI=1S/C23H22N4O3S/c1-23(2,15-9-5-4-6-10-15)25-21(29)18-13-17-19(26-27-22(17)31-18)24-20(28)14-8-7-11-16(12-14)30-3/h4-13H,1-3H3,(H,25,29)(H2,24,26,27,28). The maximum atomic E-state index is 12.9. The number of carbonyl (C=O) groups excluding carboxylic acids is 2. The summed E-state index contributed by atoms with van der Waals surface area (Å²) in [7, 11) is 1.55. The Morgan fingerprint density at radius 1 is 1.03 bits per heavy atom. The molecule has 2 aromatic carbocycles. The summed E-state index contributed by atoms with van der Waals surface area (Å²) < 4.78 is 5.17. The van der Waals surface area contributed by atoms with Crippen LogP contribution < -0.4 is 15.4 Å². The van der Waals surface area contributed by atoms with Gasteiger partial charge in [0.05, 0.1) is 22.9 Å². The van der Waals surface area contributed by atoms with Gasteiger partial charge in [-0.25, -0.2) is 0 Å². The lowest BCUT2D eigenvalue weighted by Crippen LogP contribution is -2.40. The predicted molar refractivity (Wildman–Crippen MR) is 122 cm³/mol. The van der Waals surface area contributed by atoms with Crippen molar-refractivity contribution in [2.75, 3.05) is 12.4 Å². The average Bonchev–Trinajstić information content (AvgIpc) is 3.36. The number of aromatic nitrogens is 2. The number of nitrogens with zero attached hydrogens (tertiary/aromatic N) is 1.